The van der Waals surface area contributed by atoms with Crippen molar-refractivity contribution in [1.82, 2.24) is 0 Å². The van der Waals surface area contributed by atoms with E-state index in [0.29, 0.717) is 10.9 Å². The lowest BCUT2D eigenvalue weighted by Gasteiger charge is -2.35. The summed E-state index contributed by atoms with van der Waals surface area (Å²) in [7, 11) is 0.976. The molecule has 6 heteroatoms. The Balaban J connectivity index is 3.55. The van der Waals surface area contributed by atoms with Crippen molar-refractivity contribution in [2.24, 2.45) is 0 Å². The third kappa shape index (κ3) is 21.4. The van der Waals surface area contributed by atoms with Gasteiger partial charge in [-0.15, -0.1) is 0 Å². The molecule has 0 amide bonds. The maximum atomic E-state index is 11.8. The molecule has 0 spiro atoms. The van der Waals surface area contributed by atoms with Gasteiger partial charge in [-0.05, 0) is 57.8 Å². The fourth-order valence-corrected chi connectivity index (χ4v) is 5.56. The first-order valence-electron chi connectivity index (χ1n) is 14.4. The summed E-state index contributed by atoms with van der Waals surface area (Å²) in [5, 5.41) is 8.65. The second-order valence-electron chi connectivity index (χ2n) is 11.4. The van der Waals surface area contributed by atoms with E-state index in [1.54, 1.807) is 0 Å². The molecule has 0 saturated heterocycles. The van der Waals surface area contributed by atoms with Crippen LogP contribution < -0.4 is 0 Å². The molecular formula is C29H59NO4P+. The van der Waals surface area contributed by atoms with Crippen LogP contribution in [0.1, 0.15) is 129 Å². The average molecular weight is 517 g/mol. The first-order valence-corrected chi connectivity index (χ1v) is 16.0. The van der Waals surface area contributed by atoms with Gasteiger partial charge in [0.25, 0.3) is 0 Å². The lowest BCUT2D eigenvalue weighted by Crippen LogP contribution is -2.49. The predicted octanol–water partition coefficient (Wildman–Crippen LogP) is 8.10. The fraction of sp³-hybridized carbons (Fsp3) is 0.862. The van der Waals surface area contributed by atoms with E-state index in [-0.39, 0.29) is 13.0 Å². The SMILES string of the molecule is CCCCC/C=C\CCC/C=C\CCCCCCCCCCCCC(O)(C[N+](C)(C)C)P(=O)(O)O. The number of aliphatic hydroxyl groups is 1. The number of hydrogen-bond donors (Lipinski definition) is 3. The van der Waals surface area contributed by atoms with Crippen LogP contribution in [-0.4, -0.2) is 52.4 Å². The maximum Gasteiger partial charge on any atom is 0.362 e. The molecule has 0 bridgehead atoms. The van der Waals surface area contributed by atoms with E-state index in [4.69, 9.17) is 0 Å². The summed E-state index contributed by atoms with van der Waals surface area (Å²) in [5.74, 6) is 0. The van der Waals surface area contributed by atoms with Crippen LogP contribution in [0, 0.1) is 0 Å². The molecule has 0 rings (SSSR count). The molecule has 0 heterocycles. The highest BCUT2D eigenvalue weighted by Gasteiger charge is 2.48. The Morgan fingerprint density at radius 2 is 1.00 bits per heavy atom. The van der Waals surface area contributed by atoms with Gasteiger partial charge in [-0.1, -0.05) is 95.4 Å². The van der Waals surface area contributed by atoms with Crippen molar-refractivity contribution in [3.63, 3.8) is 0 Å². The summed E-state index contributed by atoms with van der Waals surface area (Å²) in [6.45, 7) is 2.31. The number of nitrogens with zero attached hydrogens (tertiary/aromatic N) is 1. The maximum absolute atomic E-state index is 11.8. The van der Waals surface area contributed by atoms with Gasteiger partial charge < -0.3 is 19.4 Å². The van der Waals surface area contributed by atoms with Crippen molar-refractivity contribution in [3.8, 4) is 0 Å². The Morgan fingerprint density at radius 1 is 0.629 bits per heavy atom. The first kappa shape index (κ1) is 34.6. The third-order valence-electron chi connectivity index (χ3n) is 6.52. The molecule has 0 saturated carbocycles. The molecule has 35 heavy (non-hydrogen) atoms. The Hall–Kier alpha value is -0.450. The number of quaternary nitrogens is 1. The van der Waals surface area contributed by atoms with Crippen molar-refractivity contribution < 1.29 is 23.9 Å². The second kappa shape index (κ2) is 20.6. The minimum absolute atomic E-state index is 0.0594. The van der Waals surface area contributed by atoms with Crippen LogP contribution in [0.5, 0.6) is 0 Å². The molecule has 3 N–H and O–H groups in total. The molecule has 0 aromatic rings. The standard InChI is InChI=1S/C29H58NO4P/c1-5-6-7-8-9-10-11-12-13-14-15-16-17-18-19-20-21-22-23-24-25-26-27-29(31,35(32,33)34)28-30(2,3)4/h9-10,14-15,31H,5-8,11-13,16-28H2,1-4H3,(H-,32,33,34)/p+1/b10-9-,15-14-. The van der Waals surface area contributed by atoms with E-state index >= 15 is 0 Å². The van der Waals surface area contributed by atoms with E-state index in [9.17, 15) is 19.5 Å². The molecule has 0 fully saturated rings. The van der Waals surface area contributed by atoms with Crippen LogP contribution in [0.4, 0.5) is 0 Å². The molecule has 1 unspecified atom stereocenters. The minimum Gasteiger partial charge on any atom is -0.373 e. The second-order valence-corrected chi connectivity index (χ2v) is 13.3. The molecule has 0 aliphatic carbocycles. The van der Waals surface area contributed by atoms with Gasteiger partial charge in [0.15, 0.2) is 0 Å². The number of rotatable bonds is 24. The first-order chi connectivity index (χ1) is 16.5. The van der Waals surface area contributed by atoms with Crippen molar-refractivity contribution in [1.29, 1.82) is 0 Å². The highest BCUT2D eigenvalue weighted by molar-refractivity contribution is 7.53. The predicted molar refractivity (Wildman–Crippen MR) is 152 cm³/mol. The molecule has 0 aliphatic rings. The molecule has 0 radical (unpaired) electrons. The van der Waals surface area contributed by atoms with Crippen molar-refractivity contribution >= 4 is 7.60 Å². The number of likely N-dealkylation sites (N-methyl/N-ethyl adjacent to an activating group) is 1. The highest BCUT2D eigenvalue weighted by Crippen LogP contribution is 2.52. The van der Waals surface area contributed by atoms with Gasteiger partial charge in [-0.25, -0.2) is 0 Å². The summed E-state index contributed by atoms with van der Waals surface area (Å²) in [4.78, 5) is 19.2. The number of unbranched alkanes of at least 4 members (excludes halogenated alkanes) is 15. The van der Waals surface area contributed by atoms with Crippen molar-refractivity contribution in [2.45, 2.75) is 134 Å². The highest BCUT2D eigenvalue weighted by atomic mass is 31.2. The van der Waals surface area contributed by atoms with Crippen LogP contribution in [0.2, 0.25) is 0 Å². The van der Waals surface area contributed by atoms with E-state index in [1.807, 2.05) is 21.1 Å². The average Bonchev–Trinajstić information content (AvgIpc) is 2.75. The molecule has 0 aromatic carbocycles. The van der Waals surface area contributed by atoms with Crippen LogP contribution in [0.15, 0.2) is 24.3 Å². The summed E-state index contributed by atoms with van der Waals surface area (Å²) < 4.78 is 12.1. The molecule has 208 valence electrons. The van der Waals surface area contributed by atoms with E-state index < -0.39 is 12.9 Å². The van der Waals surface area contributed by atoms with Crippen molar-refractivity contribution in [2.75, 3.05) is 27.7 Å². The van der Waals surface area contributed by atoms with Gasteiger partial charge in [0, 0.05) is 0 Å². The van der Waals surface area contributed by atoms with Crippen LogP contribution in [-0.2, 0) is 4.57 Å². The zero-order valence-electron chi connectivity index (χ0n) is 23.6. The Kier molecular flexibility index (Phi) is 20.3. The number of hydrogen-bond acceptors (Lipinski definition) is 2. The largest absolute Gasteiger partial charge is 0.373 e. The third-order valence-corrected chi connectivity index (χ3v) is 7.97. The zero-order chi connectivity index (χ0) is 26.5. The van der Waals surface area contributed by atoms with Gasteiger partial charge in [0.05, 0.1) is 21.1 Å². The lowest BCUT2D eigenvalue weighted by atomic mass is 10.0. The molecule has 0 aliphatic heterocycles. The van der Waals surface area contributed by atoms with Crippen LogP contribution >= 0.6 is 7.60 Å². The van der Waals surface area contributed by atoms with Gasteiger partial charge in [-0.2, -0.15) is 0 Å². The summed E-state index contributed by atoms with van der Waals surface area (Å²) in [6.07, 6.45) is 31.2. The summed E-state index contributed by atoms with van der Waals surface area (Å²) >= 11 is 0. The van der Waals surface area contributed by atoms with Crippen LogP contribution in [0.25, 0.3) is 0 Å². The Morgan fingerprint density at radius 3 is 1.40 bits per heavy atom. The zero-order valence-corrected chi connectivity index (χ0v) is 24.5. The minimum atomic E-state index is -4.55. The topological polar surface area (TPSA) is 77.8 Å². The summed E-state index contributed by atoms with van der Waals surface area (Å²) in [6, 6.07) is 0. The quantitative estimate of drug-likeness (QED) is 0.0524. The molecule has 1 atom stereocenters. The molecule has 5 nitrogen and oxygen atoms in total. The van der Waals surface area contributed by atoms with E-state index in [0.717, 1.165) is 12.8 Å². The van der Waals surface area contributed by atoms with Crippen molar-refractivity contribution in [3.05, 3.63) is 24.3 Å². The van der Waals surface area contributed by atoms with Gasteiger partial charge >= 0.3 is 7.60 Å². The van der Waals surface area contributed by atoms with Gasteiger partial charge in [0.2, 0.25) is 5.34 Å². The smallest absolute Gasteiger partial charge is 0.362 e. The molecule has 0 aromatic heterocycles. The number of allylic oxidation sites excluding steroid dienone is 4. The normalized spacial score (nSPS) is 14.8. The fourth-order valence-electron chi connectivity index (χ4n) is 4.50. The molecular weight excluding hydrogens is 457 g/mol. The monoisotopic (exact) mass is 516 g/mol. The van der Waals surface area contributed by atoms with Gasteiger partial charge in [0.1, 0.15) is 6.54 Å². The van der Waals surface area contributed by atoms with E-state index in [2.05, 4.69) is 31.2 Å². The van der Waals surface area contributed by atoms with Gasteiger partial charge in [-0.3, -0.25) is 4.57 Å². The Labute approximate surface area is 217 Å². The van der Waals surface area contributed by atoms with Crippen LogP contribution in [0.3, 0.4) is 0 Å². The Bertz CT molecular complexity index is 594. The summed E-state index contributed by atoms with van der Waals surface area (Å²) in [5.41, 5.74) is 0. The lowest BCUT2D eigenvalue weighted by molar-refractivity contribution is -0.875. The van der Waals surface area contributed by atoms with E-state index in [1.165, 1.54) is 96.3 Å².